The zero-order chi connectivity index (χ0) is 21.1. The van der Waals surface area contributed by atoms with Crippen molar-refractivity contribution in [3.8, 4) is 5.75 Å². The van der Waals surface area contributed by atoms with Gasteiger partial charge in [-0.15, -0.1) is 13.2 Å². The number of rotatable bonds is 5. The monoisotopic (exact) mass is 397 g/mol. The van der Waals surface area contributed by atoms with Gasteiger partial charge in [0, 0.05) is 40.0 Å². The fourth-order valence-electron chi connectivity index (χ4n) is 2.39. The summed E-state index contributed by atoms with van der Waals surface area (Å²) < 4.78 is 42.4. The highest BCUT2D eigenvalue weighted by Gasteiger charge is 2.30. The fourth-order valence-corrected chi connectivity index (χ4v) is 2.39. The normalized spacial score (nSPS) is 11.6. The molecule has 1 heterocycles. The lowest BCUT2D eigenvalue weighted by atomic mass is 10.2. The Morgan fingerprint density at radius 3 is 2.36 bits per heavy atom. The molecular weight excluding hydrogens is 379 g/mol. The van der Waals surface area contributed by atoms with Gasteiger partial charge in [-0.1, -0.05) is 12.1 Å². The summed E-state index contributed by atoms with van der Waals surface area (Å²) in [6, 6.07) is 5.14. The van der Waals surface area contributed by atoms with Gasteiger partial charge in [0.1, 0.15) is 5.75 Å². The first-order valence-corrected chi connectivity index (χ1v) is 8.02. The van der Waals surface area contributed by atoms with Gasteiger partial charge in [0.25, 0.3) is 5.56 Å². The predicted molar refractivity (Wildman–Crippen MR) is 95.6 cm³/mol. The van der Waals surface area contributed by atoms with Crippen LogP contribution in [0.1, 0.15) is 11.1 Å². The Labute approximate surface area is 157 Å². The lowest BCUT2D eigenvalue weighted by Crippen LogP contribution is -2.37. The number of alkyl halides is 3. The van der Waals surface area contributed by atoms with Crippen LogP contribution in [0.15, 0.2) is 46.1 Å². The van der Waals surface area contributed by atoms with E-state index in [1.54, 1.807) is 0 Å². The number of likely N-dealkylation sites (N-methyl/N-ethyl adjacent to an activating group) is 1. The second-order valence-electron chi connectivity index (χ2n) is 6.06. The molecule has 28 heavy (non-hydrogen) atoms. The quantitative estimate of drug-likeness (QED) is 0.720. The number of nitrogens with zero attached hydrogens (tertiary/aromatic N) is 3. The van der Waals surface area contributed by atoms with E-state index in [1.165, 1.54) is 61.1 Å². The minimum absolute atomic E-state index is 0.140. The third-order valence-electron chi connectivity index (χ3n) is 3.83. The van der Waals surface area contributed by atoms with Crippen molar-refractivity contribution < 1.29 is 22.7 Å². The molecule has 2 rings (SSSR count). The molecule has 0 aliphatic rings. The van der Waals surface area contributed by atoms with Gasteiger partial charge in [0.05, 0.1) is 5.56 Å². The van der Waals surface area contributed by atoms with E-state index in [2.05, 4.69) is 4.74 Å². The number of carbonyl (C=O) groups excluding carboxylic acids is 1. The van der Waals surface area contributed by atoms with E-state index in [4.69, 9.17) is 0 Å². The molecule has 0 bridgehead atoms. The number of amides is 1. The van der Waals surface area contributed by atoms with Crippen LogP contribution in [0, 0.1) is 0 Å². The Balaban J connectivity index is 2.06. The van der Waals surface area contributed by atoms with Crippen LogP contribution in [0.3, 0.4) is 0 Å². The van der Waals surface area contributed by atoms with E-state index in [9.17, 15) is 27.6 Å². The largest absolute Gasteiger partial charge is 0.573 e. The number of aromatic nitrogens is 2. The van der Waals surface area contributed by atoms with Gasteiger partial charge < -0.3 is 14.2 Å². The zero-order valence-corrected chi connectivity index (χ0v) is 15.4. The second kappa shape index (κ2) is 8.15. The van der Waals surface area contributed by atoms with Gasteiger partial charge in [-0.3, -0.25) is 14.2 Å². The number of carbonyl (C=O) groups is 1. The molecule has 10 heteroatoms. The molecule has 7 nitrogen and oxygen atoms in total. The maximum absolute atomic E-state index is 12.2. The van der Waals surface area contributed by atoms with E-state index < -0.39 is 23.5 Å². The van der Waals surface area contributed by atoms with Crippen molar-refractivity contribution in [2.24, 2.45) is 14.1 Å². The van der Waals surface area contributed by atoms with Gasteiger partial charge in [0.2, 0.25) is 5.91 Å². The molecule has 0 unspecified atom stereocenters. The molecule has 0 N–H and O–H groups in total. The van der Waals surface area contributed by atoms with Gasteiger partial charge in [-0.2, -0.15) is 0 Å². The predicted octanol–water partition coefficient (Wildman–Crippen LogP) is 1.65. The van der Waals surface area contributed by atoms with Gasteiger partial charge in [0.15, 0.2) is 0 Å². The molecular formula is C18H18F3N3O4. The van der Waals surface area contributed by atoms with Crippen molar-refractivity contribution in [2.45, 2.75) is 12.9 Å². The van der Waals surface area contributed by atoms with E-state index in [0.29, 0.717) is 5.56 Å². The Kier molecular flexibility index (Phi) is 6.12. The smallest absolute Gasteiger partial charge is 0.406 e. The molecule has 1 aromatic heterocycles. The molecule has 0 saturated heterocycles. The molecule has 0 fully saturated rings. The molecule has 0 radical (unpaired) electrons. The zero-order valence-electron chi connectivity index (χ0n) is 15.4. The Hall–Kier alpha value is -3.30. The summed E-state index contributed by atoms with van der Waals surface area (Å²) in [5.41, 5.74) is -0.254. The average Bonchev–Trinajstić information content (AvgIpc) is 2.62. The Bertz CT molecular complexity index is 1000. The van der Waals surface area contributed by atoms with E-state index >= 15 is 0 Å². The SMILES string of the molecule is CN(Cc1ccc(OC(F)(F)F)cc1)C(=O)/C=C/c1cn(C)c(=O)n(C)c1=O. The lowest BCUT2D eigenvalue weighted by Gasteiger charge is -2.16. The summed E-state index contributed by atoms with van der Waals surface area (Å²) in [4.78, 5) is 37.2. The van der Waals surface area contributed by atoms with Crippen molar-refractivity contribution in [3.05, 3.63) is 68.5 Å². The number of ether oxygens (including phenoxy) is 1. The highest BCUT2D eigenvalue weighted by atomic mass is 19.4. The van der Waals surface area contributed by atoms with Crippen molar-refractivity contribution >= 4 is 12.0 Å². The average molecular weight is 397 g/mol. The van der Waals surface area contributed by atoms with E-state index in [-0.39, 0.29) is 17.9 Å². The first kappa shape index (κ1) is 21.0. The van der Waals surface area contributed by atoms with E-state index in [0.717, 1.165) is 16.7 Å². The molecule has 0 saturated carbocycles. The topological polar surface area (TPSA) is 73.5 Å². The first-order valence-electron chi connectivity index (χ1n) is 8.02. The van der Waals surface area contributed by atoms with Gasteiger partial charge >= 0.3 is 12.1 Å². The van der Waals surface area contributed by atoms with Crippen LogP contribution >= 0.6 is 0 Å². The summed E-state index contributed by atoms with van der Waals surface area (Å²) in [6.45, 7) is 0.140. The summed E-state index contributed by atoms with van der Waals surface area (Å²) in [6.07, 6.45) is -0.950. The summed E-state index contributed by atoms with van der Waals surface area (Å²) in [7, 11) is 4.33. The molecule has 1 aromatic carbocycles. The Morgan fingerprint density at radius 2 is 1.79 bits per heavy atom. The number of halogens is 3. The van der Waals surface area contributed by atoms with Crippen molar-refractivity contribution in [2.75, 3.05) is 7.05 Å². The summed E-state index contributed by atoms with van der Waals surface area (Å²) in [5.74, 6) is -0.776. The summed E-state index contributed by atoms with van der Waals surface area (Å²) in [5, 5.41) is 0. The molecule has 0 aliphatic carbocycles. The third kappa shape index (κ3) is 5.35. The van der Waals surface area contributed by atoms with Crippen LogP contribution in [0.25, 0.3) is 6.08 Å². The molecule has 2 aromatic rings. The van der Waals surface area contributed by atoms with Gasteiger partial charge in [-0.05, 0) is 23.8 Å². The lowest BCUT2D eigenvalue weighted by molar-refractivity contribution is -0.274. The highest BCUT2D eigenvalue weighted by Crippen LogP contribution is 2.23. The molecule has 0 atom stereocenters. The van der Waals surface area contributed by atoms with Crippen LogP contribution in [-0.4, -0.2) is 33.4 Å². The number of benzene rings is 1. The van der Waals surface area contributed by atoms with Crippen molar-refractivity contribution in [1.82, 2.24) is 14.0 Å². The molecule has 0 aliphatic heterocycles. The van der Waals surface area contributed by atoms with Crippen LogP contribution in [0.2, 0.25) is 0 Å². The van der Waals surface area contributed by atoms with Gasteiger partial charge in [-0.25, -0.2) is 4.79 Å². The molecule has 1 amide bonds. The minimum atomic E-state index is -4.77. The number of hydrogen-bond donors (Lipinski definition) is 0. The van der Waals surface area contributed by atoms with E-state index in [1.807, 2.05) is 0 Å². The minimum Gasteiger partial charge on any atom is -0.406 e. The highest BCUT2D eigenvalue weighted by molar-refractivity contribution is 5.91. The first-order chi connectivity index (χ1) is 13.0. The third-order valence-corrected chi connectivity index (χ3v) is 3.83. The van der Waals surface area contributed by atoms with Crippen LogP contribution in [-0.2, 0) is 25.4 Å². The van der Waals surface area contributed by atoms with Crippen LogP contribution < -0.4 is 16.0 Å². The van der Waals surface area contributed by atoms with Crippen LogP contribution in [0.4, 0.5) is 13.2 Å². The Morgan fingerprint density at radius 1 is 1.18 bits per heavy atom. The molecule has 0 spiro atoms. The maximum atomic E-state index is 12.2. The van der Waals surface area contributed by atoms with Crippen LogP contribution in [0.5, 0.6) is 5.75 Å². The second-order valence-corrected chi connectivity index (χ2v) is 6.06. The number of aryl methyl sites for hydroxylation is 1. The molecule has 150 valence electrons. The van der Waals surface area contributed by atoms with Crippen molar-refractivity contribution in [3.63, 3.8) is 0 Å². The standard InChI is InChI=1S/C18H18F3N3O4/c1-22(10-12-4-7-14(8-5-12)28-18(19,20)21)15(25)9-6-13-11-23(2)17(27)24(3)16(13)26/h4-9,11H,10H2,1-3H3/b9-6+. The van der Waals surface area contributed by atoms with Crippen molar-refractivity contribution in [1.29, 1.82) is 0 Å². The number of hydrogen-bond acceptors (Lipinski definition) is 4. The summed E-state index contributed by atoms with van der Waals surface area (Å²) >= 11 is 0. The maximum Gasteiger partial charge on any atom is 0.573 e. The fraction of sp³-hybridized carbons (Fsp3) is 0.278.